The van der Waals surface area contributed by atoms with Gasteiger partial charge < -0.3 is 10.1 Å². The number of thiazole rings is 1. The van der Waals surface area contributed by atoms with Crippen LogP contribution in [0.25, 0.3) is 0 Å². The van der Waals surface area contributed by atoms with Crippen molar-refractivity contribution in [2.75, 3.05) is 24.3 Å². The van der Waals surface area contributed by atoms with Crippen LogP contribution < -0.4 is 15.4 Å². The fraction of sp³-hybridized carbons (Fsp3) is 0.412. The number of sulfonamides is 1. The van der Waals surface area contributed by atoms with Gasteiger partial charge in [-0.15, -0.1) is 0 Å². The van der Waals surface area contributed by atoms with Crippen molar-refractivity contribution in [1.82, 2.24) is 9.29 Å². The minimum atomic E-state index is -3.30. The molecule has 0 radical (unpaired) electrons. The van der Waals surface area contributed by atoms with Crippen LogP contribution in [0.15, 0.2) is 24.3 Å². The molecule has 2 heterocycles. The number of hydrogen-bond acceptors (Lipinski definition) is 6. The SMILES string of the molecule is COc1cccc(NC(=O)Nc2nc3c(s2)CN(S(=O)(=O)C(C)C)CC3)c1. The Kier molecular flexibility index (Phi) is 5.68. The molecule has 2 amide bonds. The Hall–Kier alpha value is -2.17. The van der Waals surface area contributed by atoms with Crippen molar-refractivity contribution in [2.24, 2.45) is 0 Å². The lowest BCUT2D eigenvalue weighted by atomic mass is 10.2. The number of hydrogen-bond donors (Lipinski definition) is 2. The lowest BCUT2D eigenvalue weighted by molar-refractivity contribution is 0.262. The van der Waals surface area contributed by atoms with E-state index < -0.39 is 21.3 Å². The standard InChI is InChI=1S/C17H22N4O4S2/c1-11(2)27(23,24)21-8-7-14-15(10-21)26-17(19-14)20-16(22)18-12-5-4-6-13(9-12)25-3/h4-6,9,11H,7-8,10H2,1-3H3,(H2,18,19,20,22). The highest BCUT2D eigenvalue weighted by atomic mass is 32.2. The third-order valence-electron chi connectivity index (χ3n) is 4.20. The molecule has 0 atom stereocenters. The zero-order valence-electron chi connectivity index (χ0n) is 15.4. The molecular formula is C17H22N4O4S2. The molecule has 1 aliphatic rings. The minimum Gasteiger partial charge on any atom is -0.497 e. The number of benzene rings is 1. The van der Waals surface area contributed by atoms with E-state index in [1.54, 1.807) is 45.2 Å². The Morgan fingerprint density at radius 2 is 2.11 bits per heavy atom. The molecule has 3 rings (SSSR count). The van der Waals surface area contributed by atoms with Crippen molar-refractivity contribution >= 4 is 38.2 Å². The maximum absolute atomic E-state index is 12.4. The van der Waals surface area contributed by atoms with E-state index in [0.717, 1.165) is 10.6 Å². The summed E-state index contributed by atoms with van der Waals surface area (Å²) in [5.74, 6) is 0.643. The van der Waals surface area contributed by atoms with Gasteiger partial charge in [-0.2, -0.15) is 4.31 Å². The summed E-state index contributed by atoms with van der Waals surface area (Å²) < 4.78 is 31.3. The lowest BCUT2D eigenvalue weighted by Crippen LogP contribution is -2.39. The number of urea groups is 1. The number of fused-ring (bicyclic) bond motifs is 1. The van der Waals surface area contributed by atoms with Gasteiger partial charge >= 0.3 is 6.03 Å². The summed E-state index contributed by atoms with van der Waals surface area (Å²) in [6.45, 7) is 4.06. The summed E-state index contributed by atoms with van der Waals surface area (Å²) in [4.78, 5) is 17.5. The quantitative estimate of drug-likeness (QED) is 0.789. The van der Waals surface area contributed by atoms with Gasteiger partial charge in [0.15, 0.2) is 5.13 Å². The van der Waals surface area contributed by atoms with Crippen LogP contribution in [0, 0.1) is 0 Å². The van der Waals surface area contributed by atoms with Gasteiger partial charge in [0.1, 0.15) is 5.75 Å². The van der Waals surface area contributed by atoms with Gasteiger partial charge in [0.2, 0.25) is 10.0 Å². The van der Waals surface area contributed by atoms with Crippen molar-refractivity contribution in [2.45, 2.75) is 32.1 Å². The van der Waals surface area contributed by atoms with Crippen molar-refractivity contribution in [3.63, 3.8) is 0 Å². The van der Waals surface area contributed by atoms with Gasteiger partial charge in [0.25, 0.3) is 0 Å². The molecule has 0 fully saturated rings. The average molecular weight is 411 g/mol. The highest BCUT2D eigenvalue weighted by molar-refractivity contribution is 7.89. The predicted molar refractivity (Wildman–Crippen MR) is 106 cm³/mol. The smallest absolute Gasteiger partial charge is 0.325 e. The normalized spacial score (nSPS) is 14.7. The molecule has 2 N–H and O–H groups in total. The molecular weight excluding hydrogens is 388 g/mol. The van der Waals surface area contributed by atoms with Crippen molar-refractivity contribution < 1.29 is 17.9 Å². The highest BCUT2D eigenvalue weighted by Gasteiger charge is 2.31. The van der Waals surface area contributed by atoms with Gasteiger partial charge in [0.05, 0.1) is 18.1 Å². The molecule has 10 heteroatoms. The zero-order valence-corrected chi connectivity index (χ0v) is 17.0. The van der Waals surface area contributed by atoms with Crippen molar-refractivity contribution in [1.29, 1.82) is 0 Å². The molecule has 0 saturated heterocycles. The lowest BCUT2D eigenvalue weighted by Gasteiger charge is -2.26. The first kappa shape index (κ1) is 19.6. The summed E-state index contributed by atoms with van der Waals surface area (Å²) in [7, 11) is -1.75. The van der Waals surface area contributed by atoms with Crippen LogP contribution in [0.5, 0.6) is 5.75 Å². The van der Waals surface area contributed by atoms with Crippen LogP contribution in [-0.2, 0) is 23.0 Å². The second kappa shape index (κ2) is 7.83. The molecule has 27 heavy (non-hydrogen) atoms. The summed E-state index contributed by atoms with van der Waals surface area (Å²) in [5, 5.41) is 5.42. The van der Waals surface area contributed by atoms with E-state index in [4.69, 9.17) is 4.74 Å². The van der Waals surface area contributed by atoms with E-state index in [9.17, 15) is 13.2 Å². The number of nitrogens with zero attached hydrogens (tertiary/aromatic N) is 2. The maximum Gasteiger partial charge on any atom is 0.325 e. The number of amides is 2. The maximum atomic E-state index is 12.4. The molecule has 0 unspecified atom stereocenters. The van der Waals surface area contributed by atoms with Crippen molar-refractivity contribution in [3.05, 3.63) is 34.8 Å². The monoisotopic (exact) mass is 410 g/mol. The first-order valence-corrected chi connectivity index (χ1v) is 10.8. The number of nitrogens with one attached hydrogen (secondary N) is 2. The van der Waals surface area contributed by atoms with E-state index >= 15 is 0 Å². The zero-order chi connectivity index (χ0) is 19.6. The molecule has 0 aliphatic carbocycles. The van der Waals surface area contributed by atoms with Crippen LogP contribution in [0.4, 0.5) is 15.6 Å². The van der Waals surface area contributed by atoms with Crippen LogP contribution >= 0.6 is 11.3 Å². The predicted octanol–water partition coefficient (Wildman–Crippen LogP) is 2.89. The number of ether oxygens (including phenoxy) is 1. The van der Waals surface area contributed by atoms with E-state index in [0.29, 0.717) is 36.1 Å². The molecule has 1 aromatic heterocycles. The second-order valence-electron chi connectivity index (χ2n) is 6.38. The number of rotatable bonds is 5. The van der Waals surface area contributed by atoms with Crippen LogP contribution in [0.1, 0.15) is 24.4 Å². The van der Waals surface area contributed by atoms with E-state index in [-0.39, 0.29) is 0 Å². The molecule has 1 aliphatic heterocycles. The van der Waals surface area contributed by atoms with Gasteiger partial charge in [-0.3, -0.25) is 5.32 Å². The first-order chi connectivity index (χ1) is 12.8. The Balaban J connectivity index is 1.66. The van der Waals surface area contributed by atoms with Crippen molar-refractivity contribution in [3.8, 4) is 5.75 Å². The van der Waals surface area contributed by atoms with Gasteiger partial charge in [-0.05, 0) is 26.0 Å². The van der Waals surface area contributed by atoms with E-state index in [2.05, 4.69) is 15.6 Å². The third-order valence-corrected chi connectivity index (χ3v) is 7.42. The average Bonchev–Trinajstić information content (AvgIpc) is 3.02. The van der Waals surface area contributed by atoms with Crippen LogP contribution in [0.3, 0.4) is 0 Å². The van der Waals surface area contributed by atoms with Crippen LogP contribution in [-0.4, -0.2) is 42.6 Å². The molecule has 146 valence electrons. The summed E-state index contributed by atoms with van der Waals surface area (Å²) in [5.41, 5.74) is 1.44. The Labute approximate surface area is 162 Å². The highest BCUT2D eigenvalue weighted by Crippen LogP contribution is 2.30. The molecule has 1 aromatic carbocycles. The Morgan fingerprint density at radius 1 is 1.33 bits per heavy atom. The third kappa shape index (κ3) is 4.40. The number of aromatic nitrogens is 1. The number of anilines is 2. The van der Waals surface area contributed by atoms with Gasteiger partial charge in [-0.1, -0.05) is 17.4 Å². The summed E-state index contributed by atoms with van der Waals surface area (Å²) >= 11 is 1.30. The number of methoxy groups -OCH3 is 1. The fourth-order valence-electron chi connectivity index (χ4n) is 2.70. The summed E-state index contributed by atoms with van der Waals surface area (Å²) in [6, 6.07) is 6.61. The van der Waals surface area contributed by atoms with E-state index in [1.165, 1.54) is 15.6 Å². The largest absolute Gasteiger partial charge is 0.497 e. The number of carbonyl (C=O) groups is 1. The minimum absolute atomic E-state index is 0.298. The molecule has 0 bridgehead atoms. The molecule has 0 spiro atoms. The topological polar surface area (TPSA) is 101 Å². The summed E-state index contributed by atoms with van der Waals surface area (Å²) in [6.07, 6.45) is 0.539. The Bertz CT molecular complexity index is 940. The number of carbonyl (C=O) groups excluding carboxylic acids is 1. The van der Waals surface area contributed by atoms with Gasteiger partial charge in [-0.25, -0.2) is 18.2 Å². The second-order valence-corrected chi connectivity index (χ2v) is 9.95. The molecule has 8 nitrogen and oxygen atoms in total. The van der Waals surface area contributed by atoms with Gasteiger partial charge in [0, 0.05) is 36.1 Å². The fourth-order valence-corrected chi connectivity index (χ4v) is 5.05. The van der Waals surface area contributed by atoms with E-state index in [1.807, 2.05) is 0 Å². The first-order valence-electron chi connectivity index (χ1n) is 8.49. The molecule has 0 saturated carbocycles. The molecule has 2 aromatic rings. The van der Waals surface area contributed by atoms with Crippen LogP contribution in [0.2, 0.25) is 0 Å². The Morgan fingerprint density at radius 3 is 2.81 bits per heavy atom.